The van der Waals surface area contributed by atoms with Crippen LogP contribution in [0.2, 0.25) is 0 Å². The third-order valence-electron chi connectivity index (χ3n) is 5.80. The molecule has 4 nitrogen and oxygen atoms in total. The van der Waals surface area contributed by atoms with Gasteiger partial charge in [0.05, 0.1) is 6.61 Å². The third-order valence-corrected chi connectivity index (χ3v) is 5.80. The Hall–Kier alpha value is -1.52. The molecule has 0 aliphatic heterocycles. The van der Waals surface area contributed by atoms with E-state index in [-0.39, 0.29) is 5.75 Å². The molecule has 4 heteroatoms. The predicted molar refractivity (Wildman–Crippen MR) is 155 cm³/mol. The van der Waals surface area contributed by atoms with Crippen LogP contribution in [0, 0.1) is 23.7 Å². The van der Waals surface area contributed by atoms with E-state index in [0.29, 0.717) is 42.6 Å². The van der Waals surface area contributed by atoms with E-state index in [9.17, 15) is 5.11 Å². The van der Waals surface area contributed by atoms with E-state index >= 15 is 0 Å². The molecule has 0 aromatic heterocycles. The van der Waals surface area contributed by atoms with Gasteiger partial charge in [-0.3, -0.25) is 0 Å². The summed E-state index contributed by atoms with van der Waals surface area (Å²) >= 11 is 0. The number of methoxy groups -OCH3 is 1. The maximum Gasteiger partial charge on any atom is 0.161 e. The lowest BCUT2D eigenvalue weighted by molar-refractivity contribution is 0.170. The van der Waals surface area contributed by atoms with E-state index < -0.39 is 0 Å². The largest absolute Gasteiger partial charge is 0.504 e. The van der Waals surface area contributed by atoms with Crippen LogP contribution in [0.15, 0.2) is 30.4 Å². The Bertz CT molecular complexity index is 626. The van der Waals surface area contributed by atoms with Gasteiger partial charge in [0, 0.05) is 26.7 Å². The zero-order valence-electron chi connectivity index (χ0n) is 25.1. The SMILES string of the molecule is CC.CCC.COCCCOc1cc(CC(C/C=C/CC(CN(C)C)C(C)C)C(C)C)ccc1O. The maximum absolute atomic E-state index is 10.1. The monoisotopic (exact) mass is 493 g/mol. The minimum atomic E-state index is 0.206. The molecule has 1 rings (SSSR count). The highest BCUT2D eigenvalue weighted by Gasteiger charge is 2.15. The summed E-state index contributed by atoms with van der Waals surface area (Å²) in [4.78, 5) is 2.29. The number of nitrogens with zero attached hydrogens (tertiary/aromatic N) is 1. The quantitative estimate of drug-likeness (QED) is 0.197. The average molecular weight is 494 g/mol. The molecule has 0 aliphatic rings. The topological polar surface area (TPSA) is 41.9 Å². The van der Waals surface area contributed by atoms with Crippen molar-refractivity contribution in [1.29, 1.82) is 0 Å². The molecule has 0 radical (unpaired) electrons. The number of rotatable bonds is 15. The van der Waals surface area contributed by atoms with Crippen molar-refractivity contribution < 1.29 is 14.6 Å². The maximum atomic E-state index is 10.1. The van der Waals surface area contributed by atoms with Crippen molar-refractivity contribution in [1.82, 2.24) is 4.90 Å². The highest BCUT2D eigenvalue weighted by molar-refractivity contribution is 5.42. The number of hydrogen-bond acceptors (Lipinski definition) is 4. The molecule has 0 saturated heterocycles. The van der Waals surface area contributed by atoms with Gasteiger partial charge in [0.2, 0.25) is 0 Å². The smallest absolute Gasteiger partial charge is 0.161 e. The van der Waals surface area contributed by atoms with Gasteiger partial charge >= 0.3 is 0 Å². The lowest BCUT2D eigenvalue weighted by atomic mass is 9.86. The van der Waals surface area contributed by atoms with Crippen LogP contribution in [0.25, 0.3) is 0 Å². The summed E-state index contributed by atoms with van der Waals surface area (Å²) in [6.45, 7) is 19.8. The number of phenolic OH excluding ortho intramolecular Hbond substituents is 1. The Morgan fingerprint density at radius 1 is 0.914 bits per heavy atom. The van der Waals surface area contributed by atoms with Crippen LogP contribution in [0.4, 0.5) is 0 Å². The first-order chi connectivity index (χ1) is 16.7. The molecule has 2 unspecified atom stereocenters. The minimum absolute atomic E-state index is 0.206. The summed E-state index contributed by atoms with van der Waals surface area (Å²) in [5, 5.41) is 10.1. The predicted octanol–water partition coefficient (Wildman–Crippen LogP) is 8.23. The van der Waals surface area contributed by atoms with E-state index in [2.05, 4.69) is 72.7 Å². The van der Waals surface area contributed by atoms with Gasteiger partial charge in [-0.2, -0.15) is 0 Å². The van der Waals surface area contributed by atoms with Gasteiger partial charge in [-0.05, 0) is 74.7 Å². The third kappa shape index (κ3) is 18.4. The first kappa shape index (κ1) is 35.6. The molecule has 0 fully saturated rings. The number of benzene rings is 1. The van der Waals surface area contributed by atoms with Gasteiger partial charge in [-0.25, -0.2) is 0 Å². The Morgan fingerprint density at radius 2 is 1.46 bits per heavy atom. The molecule has 0 amide bonds. The lowest BCUT2D eigenvalue weighted by Crippen LogP contribution is -2.24. The second kappa shape index (κ2) is 22.9. The number of hydrogen-bond donors (Lipinski definition) is 1. The van der Waals surface area contributed by atoms with Crippen LogP contribution in [0.3, 0.4) is 0 Å². The fourth-order valence-electron chi connectivity index (χ4n) is 3.65. The molecular weight excluding hydrogens is 434 g/mol. The highest BCUT2D eigenvalue weighted by atomic mass is 16.5. The zero-order chi connectivity index (χ0) is 27.2. The summed E-state index contributed by atoms with van der Waals surface area (Å²) in [6, 6.07) is 5.76. The van der Waals surface area contributed by atoms with Crippen LogP contribution in [-0.4, -0.2) is 51.0 Å². The van der Waals surface area contributed by atoms with Gasteiger partial charge in [0.15, 0.2) is 11.5 Å². The standard InChI is InChI=1S/C26H45NO3.C3H8.C2H6/c1-20(2)23(11-8-9-12-24(21(3)4)19-27(5)6)17-22-13-14-25(28)26(18-22)30-16-10-15-29-7;1-3-2;1-2/h8-9,13-14,18,20-21,23-24,28H,10-12,15-17,19H2,1-7H3;3H2,1-2H3;1-2H3/b9-8+;;. The van der Waals surface area contributed by atoms with Crippen LogP contribution in [-0.2, 0) is 11.2 Å². The number of allylic oxidation sites excluding steroid dienone is 2. The molecule has 1 aromatic carbocycles. The second-order valence-electron chi connectivity index (χ2n) is 10.1. The molecule has 35 heavy (non-hydrogen) atoms. The fourth-order valence-corrected chi connectivity index (χ4v) is 3.65. The summed E-state index contributed by atoms with van der Waals surface area (Å²) in [5.74, 6) is 3.33. The summed E-state index contributed by atoms with van der Waals surface area (Å²) in [5.41, 5.74) is 1.22. The van der Waals surface area contributed by atoms with Crippen molar-refractivity contribution in [3.8, 4) is 11.5 Å². The normalized spacial score (nSPS) is 12.9. The molecule has 0 spiro atoms. The van der Waals surface area contributed by atoms with Crippen LogP contribution < -0.4 is 4.74 Å². The first-order valence-corrected chi connectivity index (χ1v) is 13.9. The van der Waals surface area contributed by atoms with Gasteiger partial charge in [0.25, 0.3) is 0 Å². The molecular formula is C31H59NO3. The van der Waals surface area contributed by atoms with E-state index in [1.807, 2.05) is 26.0 Å². The molecule has 1 N–H and O–H groups in total. The molecule has 2 atom stereocenters. The van der Waals surface area contributed by atoms with Crippen LogP contribution in [0.1, 0.15) is 86.6 Å². The van der Waals surface area contributed by atoms with Crippen molar-refractivity contribution in [3.05, 3.63) is 35.9 Å². The van der Waals surface area contributed by atoms with Crippen molar-refractivity contribution in [2.45, 2.75) is 87.5 Å². The van der Waals surface area contributed by atoms with E-state index in [1.165, 1.54) is 12.0 Å². The van der Waals surface area contributed by atoms with E-state index in [4.69, 9.17) is 9.47 Å². The average Bonchev–Trinajstić information content (AvgIpc) is 2.81. The van der Waals surface area contributed by atoms with Crippen molar-refractivity contribution in [3.63, 3.8) is 0 Å². The van der Waals surface area contributed by atoms with Crippen molar-refractivity contribution in [2.24, 2.45) is 23.7 Å². The summed E-state index contributed by atoms with van der Waals surface area (Å²) in [7, 11) is 5.99. The minimum Gasteiger partial charge on any atom is -0.504 e. The Kier molecular flexibility index (Phi) is 23.3. The Morgan fingerprint density at radius 3 is 1.94 bits per heavy atom. The molecule has 0 heterocycles. The van der Waals surface area contributed by atoms with Gasteiger partial charge in [-0.1, -0.05) is 80.0 Å². The van der Waals surface area contributed by atoms with Gasteiger partial charge < -0.3 is 19.5 Å². The van der Waals surface area contributed by atoms with E-state index in [0.717, 1.165) is 32.2 Å². The highest BCUT2D eigenvalue weighted by Crippen LogP contribution is 2.30. The Labute approximate surface area is 219 Å². The van der Waals surface area contributed by atoms with E-state index in [1.54, 1.807) is 13.2 Å². The van der Waals surface area contributed by atoms with Gasteiger partial charge in [-0.15, -0.1) is 0 Å². The first-order valence-electron chi connectivity index (χ1n) is 13.9. The molecule has 206 valence electrons. The molecule has 0 bridgehead atoms. The summed E-state index contributed by atoms with van der Waals surface area (Å²) in [6.07, 6.45) is 10.0. The zero-order valence-corrected chi connectivity index (χ0v) is 25.1. The number of aromatic hydroxyl groups is 1. The Balaban J connectivity index is 0. The van der Waals surface area contributed by atoms with Crippen molar-refractivity contribution >= 4 is 0 Å². The number of phenols is 1. The summed E-state index contributed by atoms with van der Waals surface area (Å²) < 4.78 is 10.8. The molecule has 1 aromatic rings. The lowest BCUT2D eigenvalue weighted by Gasteiger charge is -2.23. The second-order valence-corrected chi connectivity index (χ2v) is 10.1. The fraction of sp³-hybridized carbons (Fsp3) is 0.742. The van der Waals surface area contributed by atoms with Gasteiger partial charge in [0.1, 0.15) is 0 Å². The molecule has 0 saturated carbocycles. The molecule has 0 aliphatic carbocycles. The van der Waals surface area contributed by atoms with Crippen LogP contribution >= 0.6 is 0 Å². The van der Waals surface area contributed by atoms with Crippen molar-refractivity contribution in [2.75, 3.05) is 41.0 Å². The van der Waals surface area contributed by atoms with Crippen LogP contribution in [0.5, 0.6) is 11.5 Å². The number of ether oxygens (including phenoxy) is 2.